The number of carbonyl (C=O) groups excluding carboxylic acids is 1. The van der Waals surface area contributed by atoms with Crippen LogP contribution in [0.15, 0.2) is 47.1 Å². The van der Waals surface area contributed by atoms with Crippen molar-refractivity contribution in [1.29, 1.82) is 5.26 Å². The fourth-order valence-corrected chi connectivity index (χ4v) is 4.23. The highest BCUT2D eigenvalue weighted by Crippen LogP contribution is 2.33. The number of hydrogen-bond donors (Lipinski definition) is 1. The van der Waals surface area contributed by atoms with Crippen LogP contribution >= 0.6 is 11.3 Å². The van der Waals surface area contributed by atoms with Gasteiger partial charge in [-0.1, -0.05) is 30.3 Å². The molecule has 2 aromatic carbocycles. The summed E-state index contributed by atoms with van der Waals surface area (Å²) in [4.78, 5) is 13.6. The smallest absolute Gasteiger partial charge is 0.229 e. The van der Waals surface area contributed by atoms with Crippen LogP contribution in [0.1, 0.15) is 21.6 Å². The molecule has 128 valence electrons. The lowest BCUT2D eigenvalue weighted by molar-refractivity contribution is -0.115. The molecule has 0 atom stereocenters. The summed E-state index contributed by atoms with van der Waals surface area (Å²) in [6, 6.07) is 14.2. The maximum absolute atomic E-state index is 12.6. The minimum atomic E-state index is -0.154. The van der Waals surface area contributed by atoms with E-state index < -0.39 is 0 Å². The summed E-state index contributed by atoms with van der Waals surface area (Å²) in [5.74, 6) is -0.154. The Kier molecular flexibility index (Phi) is 3.98. The van der Waals surface area contributed by atoms with Crippen LogP contribution in [0.2, 0.25) is 0 Å². The number of amides is 1. The summed E-state index contributed by atoms with van der Waals surface area (Å²) < 4.78 is 5.65. The van der Waals surface area contributed by atoms with Gasteiger partial charge in [-0.2, -0.15) is 5.26 Å². The molecule has 2 heterocycles. The fourth-order valence-electron chi connectivity index (χ4n) is 3.20. The number of carbonyl (C=O) groups is 1. The predicted molar refractivity (Wildman–Crippen MR) is 105 cm³/mol. The minimum absolute atomic E-state index is 0.154. The van der Waals surface area contributed by atoms with E-state index in [9.17, 15) is 10.1 Å². The van der Waals surface area contributed by atoms with Gasteiger partial charge in [-0.3, -0.25) is 4.79 Å². The van der Waals surface area contributed by atoms with E-state index in [0.29, 0.717) is 10.6 Å². The first-order valence-corrected chi connectivity index (χ1v) is 9.08. The molecule has 0 spiro atoms. The molecule has 0 aliphatic heterocycles. The third-order valence-electron chi connectivity index (χ3n) is 4.64. The van der Waals surface area contributed by atoms with E-state index in [2.05, 4.69) is 11.4 Å². The van der Waals surface area contributed by atoms with Crippen LogP contribution in [0.4, 0.5) is 5.00 Å². The minimum Gasteiger partial charge on any atom is -0.464 e. The van der Waals surface area contributed by atoms with Crippen LogP contribution in [0.5, 0.6) is 0 Å². The molecule has 2 aromatic heterocycles. The summed E-state index contributed by atoms with van der Waals surface area (Å²) >= 11 is 1.43. The molecule has 0 saturated heterocycles. The van der Waals surface area contributed by atoms with Crippen molar-refractivity contribution in [2.75, 3.05) is 5.32 Å². The van der Waals surface area contributed by atoms with Gasteiger partial charge in [0, 0.05) is 15.8 Å². The number of fused-ring (bicyclic) bond motifs is 3. The van der Waals surface area contributed by atoms with Gasteiger partial charge in [0.25, 0.3) is 0 Å². The summed E-state index contributed by atoms with van der Waals surface area (Å²) in [5, 5.41) is 16.0. The number of rotatable bonds is 3. The molecule has 1 N–H and O–H groups in total. The first-order valence-electron chi connectivity index (χ1n) is 8.26. The van der Waals surface area contributed by atoms with E-state index in [1.54, 1.807) is 6.26 Å². The number of furan rings is 1. The molecule has 4 aromatic rings. The van der Waals surface area contributed by atoms with E-state index in [0.717, 1.165) is 37.7 Å². The Labute approximate surface area is 154 Å². The van der Waals surface area contributed by atoms with Gasteiger partial charge in [0.15, 0.2) is 0 Å². The predicted octanol–water partition coefficient (Wildman–Crippen LogP) is 5.32. The SMILES string of the molecule is Cc1sc(NC(=O)Cc2coc3ccc4ccccc4c23)c(C#N)c1C. The van der Waals surface area contributed by atoms with Crippen molar-refractivity contribution >= 4 is 44.0 Å². The molecule has 1 amide bonds. The van der Waals surface area contributed by atoms with Gasteiger partial charge in [-0.25, -0.2) is 0 Å². The number of benzene rings is 2. The van der Waals surface area contributed by atoms with E-state index in [1.165, 1.54) is 11.3 Å². The van der Waals surface area contributed by atoms with Crippen molar-refractivity contribution in [3.8, 4) is 6.07 Å². The van der Waals surface area contributed by atoms with E-state index in [-0.39, 0.29) is 12.3 Å². The summed E-state index contributed by atoms with van der Waals surface area (Å²) in [6.45, 7) is 3.85. The zero-order valence-electron chi connectivity index (χ0n) is 14.4. The van der Waals surface area contributed by atoms with Gasteiger partial charge in [-0.15, -0.1) is 11.3 Å². The Morgan fingerprint density at radius 3 is 2.85 bits per heavy atom. The topological polar surface area (TPSA) is 66.0 Å². The molecule has 0 saturated carbocycles. The molecule has 0 radical (unpaired) electrons. The van der Waals surface area contributed by atoms with Gasteiger partial charge < -0.3 is 9.73 Å². The average Bonchev–Trinajstić information content (AvgIpc) is 3.16. The van der Waals surface area contributed by atoms with Crippen LogP contribution < -0.4 is 5.32 Å². The van der Waals surface area contributed by atoms with E-state index >= 15 is 0 Å². The lowest BCUT2D eigenvalue weighted by Crippen LogP contribution is -2.14. The van der Waals surface area contributed by atoms with Crippen LogP contribution in [0.25, 0.3) is 21.7 Å². The van der Waals surface area contributed by atoms with Gasteiger partial charge in [0.1, 0.15) is 16.7 Å². The Hall–Kier alpha value is -3.10. The molecular formula is C21H16N2O2S. The highest BCUT2D eigenvalue weighted by Gasteiger charge is 2.17. The maximum Gasteiger partial charge on any atom is 0.229 e. The first-order chi connectivity index (χ1) is 12.6. The lowest BCUT2D eigenvalue weighted by Gasteiger charge is -2.04. The second-order valence-electron chi connectivity index (χ2n) is 6.24. The molecule has 4 nitrogen and oxygen atoms in total. The second kappa shape index (κ2) is 6.32. The van der Waals surface area contributed by atoms with Crippen molar-refractivity contribution in [3.63, 3.8) is 0 Å². The van der Waals surface area contributed by atoms with Crippen molar-refractivity contribution in [2.24, 2.45) is 0 Å². The van der Waals surface area contributed by atoms with Crippen LogP contribution in [0.3, 0.4) is 0 Å². The Morgan fingerprint density at radius 1 is 1.23 bits per heavy atom. The van der Waals surface area contributed by atoms with Crippen molar-refractivity contribution < 1.29 is 9.21 Å². The standard InChI is InChI=1S/C21H16N2O2S/c1-12-13(2)26-21(17(12)10-22)23-19(24)9-15-11-25-18-8-7-14-5-3-4-6-16(14)20(15)18/h3-8,11H,9H2,1-2H3,(H,23,24). The number of aryl methyl sites for hydroxylation is 1. The Bertz CT molecular complexity index is 1190. The third-order valence-corrected chi connectivity index (χ3v) is 5.76. The Morgan fingerprint density at radius 2 is 2.04 bits per heavy atom. The molecule has 0 bridgehead atoms. The van der Waals surface area contributed by atoms with Crippen LogP contribution in [-0.2, 0) is 11.2 Å². The molecule has 0 aliphatic carbocycles. The lowest BCUT2D eigenvalue weighted by atomic mass is 10.0. The monoisotopic (exact) mass is 360 g/mol. The third kappa shape index (κ3) is 2.65. The van der Waals surface area contributed by atoms with E-state index in [4.69, 9.17) is 4.42 Å². The zero-order valence-corrected chi connectivity index (χ0v) is 15.2. The number of hydrogen-bond acceptors (Lipinski definition) is 4. The number of thiophene rings is 1. The van der Waals surface area contributed by atoms with Gasteiger partial charge in [0.05, 0.1) is 18.2 Å². The normalized spacial score (nSPS) is 11.0. The van der Waals surface area contributed by atoms with Gasteiger partial charge in [-0.05, 0) is 36.2 Å². The summed E-state index contributed by atoms with van der Waals surface area (Å²) in [7, 11) is 0. The number of nitriles is 1. The number of nitrogens with one attached hydrogen (secondary N) is 1. The zero-order chi connectivity index (χ0) is 18.3. The number of nitrogens with zero attached hydrogens (tertiary/aromatic N) is 1. The van der Waals surface area contributed by atoms with Crippen molar-refractivity contribution in [3.05, 3.63) is 64.2 Å². The molecular weight excluding hydrogens is 344 g/mol. The maximum atomic E-state index is 12.6. The van der Waals surface area contributed by atoms with E-state index in [1.807, 2.05) is 50.2 Å². The van der Waals surface area contributed by atoms with Crippen LogP contribution in [-0.4, -0.2) is 5.91 Å². The Balaban J connectivity index is 1.68. The molecule has 0 aliphatic rings. The highest BCUT2D eigenvalue weighted by atomic mass is 32.1. The van der Waals surface area contributed by atoms with Gasteiger partial charge in [0.2, 0.25) is 5.91 Å². The highest BCUT2D eigenvalue weighted by molar-refractivity contribution is 7.16. The average molecular weight is 360 g/mol. The van der Waals surface area contributed by atoms with Crippen molar-refractivity contribution in [2.45, 2.75) is 20.3 Å². The molecule has 0 unspecified atom stereocenters. The van der Waals surface area contributed by atoms with Crippen molar-refractivity contribution in [1.82, 2.24) is 0 Å². The summed E-state index contributed by atoms with van der Waals surface area (Å²) in [5.41, 5.74) is 3.08. The largest absolute Gasteiger partial charge is 0.464 e. The van der Waals surface area contributed by atoms with Crippen LogP contribution in [0, 0.1) is 25.2 Å². The number of anilines is 1. The molecule has 5 heteroatoms. The first kappa shape index (κ1) is 16.4. The molecule has 26 heavy (non-hydrogen) atoms. The van der Waals surface area contributed by atoms with Gasteiger partial charge >= 0.3 is 0 Å². The fraction of sp³-hybridized carbons (Fsp3) is 0.143. The molecule has 4 rings (SSSR count). The quantitative estimate of drug-likeness (QED) is 0.538. The second-order valence-corrected chi connectivity index (χ2v) is 7.47. The summed E-state index contributed by atoms with van der Waals surface area (Å²) in [6.07, 6.45) is 1.84. The molecule has 0 fully saturated rings.